The normalized spacial score (nSPS) is 10.9. The Morgan fingerprint density at radius 2 is 2.05 bits per heavy atom. The van der Waals surface area contributed by atoms with Gasteiger partial charge in [0.2, 0.25) is 0 Å². The lowest BCUT2D eigenvalue weighted by Gasteiger charge is -2.03. The summed E-state index contributed by atoms with van der Waals surface area (Å²) in [5.41, 5.74) is 3.87. The minimum atomic E-state index is -0.284. The van der Waals surface area contributed by atoms with Crippen LogP contribution < -0.4 is 10.2 Å². The fraction of sp³-hybridized carbons (Fsp3) is 0.294. The predicted octanol–water partition coefficient (Wildman–Crippen LogP) is 3.45. The van der Waals surface area contributed by atoms with Gasteiger partial charge >= 0.3 is 0 Å². The second kappa shape index (κ2) is 7.45. The number of hydrogen-bond donors (Lipinski definition) is 1. The SMILES string of the molecule is CCCOc1ccc(C=NNC(=O)c2cc(C)oc2C)cc1. The minimum absolute atomic E-state index is 0.284. The van der Waals surface area contributed by atoms with Crippen molar-refractivity contribution in [2.24, 2.45) is 5.10 Å². The van der Waals surface area contributed by atoms with Crippen LogP contribution in [0, 0.1) is 13.8 Å². The summed E-state index contributed by atoms with van der Waals surface area (Å²) < 4.78 is 10.8. The molecule has 1 heterocycles. The molecule has 1 N–H and O–H groups in total. The number of hydrazone groups is 1. The van der Waals surface area contributed by atoms with Crippen LogP contribution in [0.3, 0.4) is 0 Å². The highest BCUT2D eigenvalue weighted by Gasteiger charge is 2.12. The lowest BCUT2D eigenvalue weighted by Crippen LogP contribution is -2.17. The standard InChI is InChI=1S/C17H20N2O3/c1-4-9-21-15-7-5-14(6-8-15)11-18-19-17(20)16-10-12(2)22-13(16)3/h5-8,10-11H,4,9H2,1-3H3,(H,19,20). The second-order valence-corrected chi connectivity index (χ2v) is 4.94. The summed E-state index contributed by atoms with van der Waals surface area (Å²) in [6.07, 6.45) is 2.56. The summed E-state index contributed by atoms with van der Waals surface area (Å²) >= 11 is 0. The summed E-state index contributed by atoms with van der Waals surface area (Å²) in [4.78, 5) is 11.9. The maximum Gasteiger partial charge on any atom is 0.274 e. The minimum Gasteiger partial charge on any atom is -0.494 e. The van der Waals surface area contributed by atoms with Crippen LogP contribution in [0.25, 0.3) is 0 Å². The monoisotopic (exact) mass is 300 g/mol. The molecule has 0 spiro atoms. The Morgan fingerprint density at radius 3 is 2.64 bits per heavy atom. The van der Waals surface area contributed by atoms with Crippen LogP contribution in [0.1, 0.15) is 40.8 Å². The molecule has 0 aliphatic carbocycles. The fourth-order valence-corrected chi connectivity index (χ4v) is 1.95. The van der Waals surface area contributed by atoms with Crippen LogP contribution >= 0.6 is 0 Å². The van der Waals surface area contributed by atoms with Gasteiger partial charge in [0, 0.05) is 0 Å². The first-order chi connectivity index (χ1) is 10.6. The van der Waals surface area contributed by atoms with E-state index in [9.17, 15) is 4.79 Å². The highest BCUT2D eigenvalue weighted by atomic mass is 16.5. The van der Waals surface area contributed by atoms with Crippen molar-refractivity contribution in [2.75, 3.05) is 6.61 Å². The number of furan rings is 1. The van der Waals surface area contributed by atoms with Crippen LogP contribution in [-0.4, -0.2) is 18.7 Å². The molecule has 0 atom stereocenters. The zero-order valence-electron chi connectivity index (χ0n) is 13.1. The Balaban J connectivity index is 1.92. The summed E-state index contributed by atoms with van der Waals surface area (Å²) in [7, 11) is 0. The molecule has 0 aliphatic rings. The van der Waals surface area contributed by atoms with Crippen molar-refractivity contribution in [3.63, 3.8) is 0 Å². The average Bonchev–Trinajstić information content (AvgIpc) is 2.85. The first kappa shape index (κ1) is 15.8. The molecular formula is C17H20N2O3. The highest BCUT2D eigenvalue weighted by molar-refractivity contribution is 5.95. The van der Waals surface area contributed by atoms with Gasteiger partial charge in [0.1, 0.15) is 17.3 Å². The third-order valence-electron chi connectivity index (χ3n) is 3.02. The molecule has 0 radical (unpaired) electrons. The summed E-state index contributed by atoms with van der Waals surface area (Å²) in [5.74, 6) is 1.83. The van der Waals surface area contributed by atoms with Gasteiger partial charge in [0.05, 0.1) is 18.4 Å². The molecule has 2 aromatic rings. The number of hydrogen-bond acceptors (Lipinski definition) is 4. The molecule has 1 aromatic heterocycles. The molecule has 0 saturated heterocycles. The molecule has 0 unspecified atom stereocenters. The molecule has 0 saturated carbocycles. The summed E-state index contributed by atoms with van der Waals surface area (Å²) in [6.45, 7) is 6.32. The number of aryl methyl sites for hydroxylation is 2. The Morgan fingerprint density at radius 1 is 1.32 bits per heavy atom. The number of carbonyl (C=O) groups excluding carboxylic acids is 1. The van der Waals surface area contributed by atoms with E-state index < -0.39 is 0 Å². The third kappa shape index (κ3) is 4.22. The Hall–Kier alpha value is -2.56. The van der Waals surface area contributed by atoms with E-state index in [4.69, 9.17) is 9.15 Å². The van der Waals surface area contributed by atoms with Crippen molar-refractivity contribution in [1.29, 1.82) is 0 Å². The van der Waals surface area contributed by atoms with E-state index in [1.807, 2.05) is 24.3 Å². The molecule has 5 heteroatoms. The quantitative estimate of drug-likeness (QED) is 0.656. The van der Waals surface area contributed by atoms with Crippen LogP contribution in [0.4, 0.5) is 0 Å². The summed E-state index contributed by atoms with van der Waals surface area (Å²) in [6, 6.07) is 9.21. The topological polar surface area (TPSA) is 63.8 Å². The van der Waals surface area contributed by atoms with Crippen LogP contribution in [0.5, 0.6) is 5.75 Å². The number of rotatable bonds is 6. The largest absolute Gasteiger partial charge is 0.494 e. The maximum absolute atomic E-state index is 11.9. The average molecular weight is 300 g/mol. The van der Waals surface area contributed by atoms with E-state index in [1.165, 1.54) is 0 Å². The van der Waals surface area contributed by atoms with Crippen molar-refractivity contribution in [2.45, 2.75) is 27.2 Å². The summed E-state index contributed by atoms with van der Waals surface area (Å²) in [5, 5.41) is 3.95. The van der Waals surface area contributed by atoms with Crippen molar-refractivity contribution in [3.8, 4) is 5.75 Å². The van der Waals surface area contributed by atoms with E-state index in [0.29, 0.717) is 23.7 Å². The van der Waals surface area contributed by atoms with Crippen molar-refractivity contribution in [3.05, 3.63) is 53.0 Å². The highest BCUT2D eigenvalue weighted by Crippen LogP contribution is 2.13. The maximum atomic E-state index is 11.9. The van der Waals surface area contributed by atoms with E-state index in [0.717, 1.165) is 17.7 Å². The Kier molecular flexibility index (Phi) is 5.36. The molecule has 22 heavy (non-hydrogen) atoms. The van der Waals surface area contributed by atoms with E-state index in [2.05, 4.69) is 17.5 Å². The molecule has 1 aromatic carbocycles. The van der Waals surface area contributed by atoms with E-state index in [1.54, 1.807) is 26.1 Å². The molecule has 2 rings (SSSR count). The Bertz CT molecular complexity index is 657. The van der Waals surface area contributed by atoms with E-state index >= 15 is 0 Å². The lowest BCUT2D eigenvalue weighted by atomic mass is 10.2. The number of amides is 1. The Labute approximate surface area is 130 Å². The molecule has 1 amide bonds. The van der Waals surface area contributed by atoms with Crippen molar-refractivity contribution < 1.29 is 13.9 Å². The first-order valence-corrected chi connectivity index (χ1v) is 7.23. The molecule has 0 aliphatic heterocycles. The van der Waals surface area contributed by atoms with E-state index in [-0.39, 0.29) is 5.91 Å². The number of nitrogens with one attached hydrogen (secondary N) is 1. The van der Waals surface area contributed by atoms with Gasteiger partial charge in [0.25, 0.3) is 5.91 Å². The van der Waals surface area contributed by atoms with Crippen molar-refractivity contribution >= 4 is 12.1 Å². The van der Waals surface area contributed by atoms with Crippen LogP contribution in [0.15, 0.2) is 39.9 Å². The van der Waals surface area contributed by atoms with Gasteiger partial charge in [-0.3, -0.25) is 4.79 Å². The van der Waals surface area contributed by atoms with Gasteiger partial charge in [-0.2, -0.15) is 5.10 Å². The zero-order valence-corrected chi connectivity index (χ0v) is 13.1. The number of ether oxygens (including phenoxy) is 1. The van der Waals surface area contributed by atoms with Gasteiger partial charge in [-0.1, -0.05) is 6.92 Å². The molecule has 116 valence electrons. The second-order valence-electron chi connectivity index (χ2n) is 4.94. The van der Waals surface area contributed by atoms with Crippen LogP contribution in [-0.2, 0) is 0 Å². The zero-order chi connectivity index (χ0) is 15.9. The van der Waals surface area contributed by atoms with Gasteiger partial charge < -0.3 is 9.15 Å². The van der Waals surface area contributed by atoms with Crippen molar-refractivity contribution in [1.82, 2.24) is 5.43 Å². The van der Waals surface area contributed by atoms with Gasteiger partial charge in [0.15, 0.2) is 0 Å². The third-order valence-corrected chi connectivity index (χ3v) is 3.02. The number of nitrogens with zero attached hydrogens (tertiary/aromatic N) is 1. The van der Waals surface area contributed by atoms with Crippen LogP contribution in [0.2, 0.25) is 0 Å². The fourth-order valence-electron chi connectivity index (χ4n) is 1.95. The van der Waals surface area contributed by atoms with Gasteiger partial charge in [-0.15, -0.1) is 0 Å². The first-order valence-electron chi connectivity index (χ1n) is 7.23. The van der Waals surface area contributed by atoms with Gasteiger partial charge in [-0.25, -0.2) is 5.43 Å². The smallest absolute Gasteiger partial charge is 0.274 e. The predicted molar refractivity (Wildman–Crippen MR) is 85.5 cm³/mol. The molecule has 0 fully saturated rings. The number of benzene rings is 1. The molecule has 5 nitrogen and oxygen atoms in total. The molecular weight excluding hydrogens is 280 g/mol. The number of carbonyl (C=O) groups is 1. The van der Waals surface area contributed by atoms with Gasteiger partial charge in [-0.05, 0) is 56.2 Å². The molecule has 0 bridgehead atoms. The lowest BCUT2D eigenvalue weighted by molar-refractivity contribution is 0.0953.